The predicted molar refractivity (Wildman–Crippen MR) is 123 cm³/mol. The number of hydrogen-bond acceptors (Lipinski definition) is 6. The summed E-state index contributed by atoms with van der Waals surface area (Å²) in [7, 11) is 1.56. The first-order valence-corrected chi connectivity index (χ1v) is 11.1. The van der Waals surface area contributed by atoms with Gasteiger partial charge in [0.15, 0.2) is 0 Å². The van der Waals surface area contributed by atoms with Crippen molar-refractivity contribution in [3.63, 3.8) is 0 Å². The average molecular weight is 474 g/mol. The van der Waals surface area contributed by atoms with E-state index in [1.54, 1.807) is 19.2 Å². The minimum atomic E-state index is -0.568. The van der Waals surface area contributed by atoms with Crippen molar-refractivity contribution in [1.29, 1.82) is 0 Å². The van der Waals surface area contributed by atoms with Gasteiger partial charge in [0.05, 0.1) is 25.7 Å². The minimum Gasteiger partial charge on any atom is -0.487 e. The Labute approximate surface area is 196 Å². The average Bonchev–Trinajstić information content (AvgIpc) is 3.18. The fourth-order valence-electron chi connectivity index (χ4n) is 4.37. The van der Waals surface area contributed by atoms with Crippen LogP contribution < -0.4 is 20.7 Å². The molecule has 4 atom stereocenters. The van der Waals surface area contributed by atoms with E-state index in [9.17, 15) is 19.1 Å². The Kier molecular flexibility index (Phi) is 7.61. The Morgan fingerprint density at radius 2 is 1.88 bits per heavy atom. The number of rotatable bonds is 8. The Bertz CT molecular complexity index is 1020. The molecule has 4 N–H and O–H groups in total. The molecule has 0 aliphatic carbocycles. The molecule has 4 rings (SSSR count). The van der Waals surface area contributed by atoms with Gasteiger partial charge in [0.2, 0.25) is 5.91 Å². The number of methoxy groups -OCH3 is 1. The van der Waals surface area contributed by atoms with Crippen molar-refractivity contribution in [1.82, 2.24) is 5.32 Å². The van der Waals surface area contributed by atoms with Crippen molar-refractivity contribution in [2.45, 2.75) is 37.1 Å². The molecule has 0 bridgehead atoms. The van der Waals surface area contributed by atoms with Crippen molar-refractivity contribution in [2.75, 3.05) is 37.5 Å². The summed E-state index contributed by atoms with van der Waals surface area (Å²) in [6.07, 6.45) is -0.625. The number of anilines is 2. The van der Waals surface area contributed by atoms with E-state index in [1.807, 2.05) is 6.07 Å². The van der Waals surface area contributed by atoms with Crippen LogP contribution in [0, 0.1) is 5.82 Å². The van der Waals surface area contributed by atoms with Gasteiger partial charge < -0.3 is 35.3 Å². The fourth-order valence-corrected chi connectivity index (χ4v) is 4.37. The Morgan fingerprint density at radius 3 is 2.62 bits per heavy atom. The molecule has 0 aromatic heterocycles. The van der Waals surface area contributed by atoms with Crippen LogP contribution >= 0.6 is 0 Å². The summed E-state index contributed by atoms with van der Waals surface area (Å²) < 4.78 is 30.0. The first-order valence-electron chi connectivity index (χ1n) is 11.1. The van der Waals surface area contributed by atoms with E-state index < -0.39 is 12.1 Å². The SMILES string of the molecule is COCCNC(=O)C[C@@H]1C[C@H]2c3cc(NC(=O)Nc4ccc(F)cc4)ccc3O[C@H]2[C@H](CO)O1. The molecule has 3 amide bonds. The van der Waals surface area contributed by atoms with E-state index in [2.05, 4.69) is 16.0 Å². The van der Waals surface area contributed by atoms with Gasteiger partial charge in [0.25, 0.3) is 0 Å². The van der Waals surface area contributed by atoms with Crippen molar-refractivity contribution < 1.29 is 33.3 Å². The number of benzene rings is 2. The van der Waals surface area contributed by atoms with E-state index in [4.69, 9.17) is 14.2 Å². The van der Waals surface area contributed by atoms with Crippen LogP contribution in [0.4, 0.5) is 20.6 Å². The summed E-state index contributed by atoms with van der Waals surface area (Å²) in [5.41, 5.74) is 1.91. The van der Waals surface area contributed by atoms with Gasteiger partial charge in [0, 0.05) is 36.5 Å². The highest BCUT2D eigenvalue weighted by molar-refractivity contribution is 5.99. The number of ether oxygens (including phenoxy) is 3. The summed E-state index contributed by atoms with van der Waals surface area (Å²) in [4.78, 5) is 24.6. The molecular weight excluding hydrogens is 445 g/mol. The third kappa shape index (κ3) is 5.64. The number of amides is 3. The lowest BCUT2D eigenvalue weighted by molar-refractivity contribution is -0.142. The molecule has 2 aliphatic heterocycles. The number of carbonyl (C=O) groups is 2. The van der Waals surface area contributed by atoms with Gasteiger partial charge in [0.1, 0.15) is 23.8 Å². The molecule has 0 radical (unpaired) electrons. The van der Waals surface area contributed by atoms with E-state index in [0.717, 1.165) is 5.56 Å². The molecule has 0 saturated carbocycles. The van der Waals surface area contributed by atoms with Gasteiger partial charge in [-0.3, -0.25) is 4.79 Å². The van der Waals surface area contributed by atoms with Crippen LogP contribution in [0.1, 0.15) is 24.3 Å². The maximum absolute atomic E-state index is 13.1. The van der Waals surface area contributed by atoms with Gasteiger partial charge in [-0.2, -0.15) is 0 Å². The predicted octanol–water partition coefficient (Wildman–Crippen LogP) is 2.62. The van der Waals surface area contributed by atoms with Gasteiger partial charge in [-0.15, -0.1) is 0 Å². The lowest BCUT2D eigenvalue weighted by Gasteiger charge is -2.37. The quantitative estimate of drug-likeness (QED) is 0.438. The third-order valence-corrected chi connectivity index (χ3v) is 5.90. The third-order valence-electron chi connectivity index (χ3n) is 5.90. The van der Waals surface area contributed by atoms with Crippen LogP contribution in [0.3, 0.4) is 0 Å². The number of fused-ring (bicyclic) bond motifs is 3. The minimum absolute atomic E-state index is 0.0976. The first-order chi connectivity index (χ1) is 16.5. The molecule has 0 unspecified atom stereocenters. The largest absolute Gasteiger partial charge is 0.487 e. The zero-order chi connectivity index (χ0) is 24.1. The molecule has 1 fully saturated rings. The molecular formula is C24H28FN3O6. The standard InChI is InChI=1S/C24H28FN3O6/c1-32-9-8-26-22(30)12-17-11-19-18-10-16(6-7-20(18)34-23(19)21(13-29)33-17)28-24(31)27-15-4-2-14(25)3-5-15/h2-7,10,17,19,21,23,29H,8-9,11-13H2,1H3,(H,26,30)(H2,27,28,31)/t17-,19-,21-,23+/m0/s1. The molecule has 0 spiro atoms. The number of urea groups is 1. The monoisotopic (exact) mass is 473 g/mol. The molecule has 1 saturated heterocycles. The second-order valence-electron chi connectivity index (χ2n) is 8.29. The highest BCUT2D eigenvalue weighted by Crippen LogP contribution is 2.47. The van der Waals surface area contributed by atoms with Crippen molar-refractivity contribution >= 4 is 23.3 Å². The highest BCUT2D eigenvalue weighted by Gasteiger charge is 2.46. The van der Waals surface area contributed by atoms with E-state index in [-0.39, 0.29) is 42.9 Å². The number of aliphatic hydroxyl groups is 1. The molecule has 2 aromatic carbocycles. The molecule has 34 heavy (non-hydrogen) atoms. The smallest absolute Gasteiger partial charge is 0.323 e. The maximum Gasteiger partial charge on any atom is 0.323 e. The van der Waals surface area contributed by atoms with Crippen LogP contribution in [0.15, 0.2) is 42.5 Å². The van der Waals surface area contributed by atoms with Crippen molar-refractivity contribution in [2.24, 2.45) is 0 Å². The normalized spacial score (nSPS) is 22.8. The summed E-state index contributed by atoms with van der Waals surface area (Å²) in [5, 5.41) is 18.1. The van der Waals surface area contributed by atoms with E-state index >= 15 is 0 Å². The van der Waals surface area contributed by atoms with Crippen LogP contribution in [0.5, 0.6) is 5.75 Å². The number of nitrogens with one attached hydrogen (secondary N) is 3. The molecule has 2 heterocycles. The number of hydrogen-bond donors (Lipinski definition) is 4. The van der Waals surface area contributed by atoms with Crippen molar-refractivity contribution in [3.05, 3.63) is 53.8 Å². The summed E-state index contributed by atoms with van der Waals surface area (Å²) >= 11 is 0. The highest BCUT2D eigenvalue weighted by atomic mass is 19.1. The molecule has 2 aliphatic rings. The molecule has 182 valence electrons. The Balaban J connectivity index is 1.42. The number of carbonyl (C=O) groups excluding carboxylic acids is 2. The number of halogens is 1. The molecule has 9 nitrogen and oxygen atoms in total. The van der Waals surface area contributed by atoms with Crippen molar-refractivity contribution in [3.8, 4) is 5.75 Å². The summed E-state index contributed by atoms with van der Waals surface area (Å²) in [6, 6.07) is 10.3. The molecule has 2 aromatic rings. The second kappa shape index (κ2) is 10.8. The lowest BCUT2D eigenvalue weighted by atomic mass is 9.84. The van der Waals surface area contributed by atoms with Crippen LogP contribution in [-0.2, 0) is 14.3 Å². The lowest BCUT2D eigenvalue weighted by Crippen LogP contribution is -2.47. The maximum atomic E-state index is 13.1. The summed E-state index contributed by atoms with van der Waals surface area (Å²) in [6.45, 7) is 0.605. The first kappa shape index (κ1) is 23.9. The topological polar surface area (TPSA) is 118 Å². The summed E-state index contributed by atoms with van der Waals surface area (Å²) in [5.74, 6) is 0.0260. The zero-order valence-electron chi connectivity index (χ0n) is 18.8. The van der Waals surface area contributed by atoms with Gasteiger partial charge >= 0.3 is 6.03 Å². The van der Waals surface area contributed by atoms with Gasteiger partial charge in [-0.25, -0.2) is 9.18 Å². The van der Waals surface area contributed by atoms with Gasteiger partial charge in [-0.05, 0) is 48.9 Å². The van der Waals surface area contributed by atoms with Crippen LogP contribution in [0.2, 0.25) is 0 Å². The second-order valence-corrected chi connectivity index (χ2v) is 8.29. The Morgan fingerprint density at radius 1 is 1.15 bits per heavy atom. The van der Waals surface area contributed by atoms with E-state index in [0.29, 0.717) is 36.7 Å². The van der Waals surface area contributed by atoms with Crippen LogP contribution in [0.25, 0.3) is 0 Å². The van der Waals surface area contributed by atoms with Crippen LogP contribution in [-0.4, -0.2) is 62.2 Å². The van der Waals surface area contributed by atoms with Gasteiger partial charge in [-0.1, -0.05) is 0 Å². The molecule has 10 heteroatoms. The fraction of sp³-hybridized carbons (Fsp3) is 0.417. The Hall–Kier alpha value is -3.21. The van der Waals surface area contributed by atoms with E-state index in [1.165, 1.54) is 24.3 Å². The number of aliphatic hydroxyl groups excluding tert-OH is 1. The zero-order valence-corrected chi connectivity index (χ0v) is 18.8.